The fourth-order valence-electron chi connectivity index (χ4n) is 3.45. The molecule has 2 aromatic rings. The van der Waals surface area contributed by atoms with Crippen molar-refractivity contribution in [2.24, 2.45) is 0 Å². The lowest BCUT2D eigenvalue weighted by molar-refractivity contribution is -0.387. The Morgan fingerprint density at radius 3 is 1.93 bits per heavy atom. The van der Waals surface area contributed by atoms with E-state index in [0.29, 0.717) is 25.9 Å². The van der Waals surface area contributed by atoms with Crippen LogP contribution in [0, 0.1) is 15.9 Å². The van der Waals surface area contributed by atoms with Crippen molar-refractivity contribution in [3.05, 3.63) is 61.4 Å². The average molecular weight is 638 g/mol. The largest absolute Gasteiger partial charge is 0.488 e. The zero-order valence-corrected chi connectivity index (χ0v) is 23.1. The molecule has 0 saturated carbocycles. The van der Waals surface area contributed by atoms with Crippen molar-refractivity contribution in [2.45, 2.75) is 57.7 Å². The van der Waals surface area contributed by atoms with Gasteiger partial charge in [-0.2, -0.15) is 30.7 Å². The zero-order valence-electron chi connectivity index (χ0n) is 21.6. The number of nitro groups is 1. The molecule has 0 spiro atoms. The Morgan fingerprint density at radius 2 is 1.46 bits per heavy atom. The molecule has 0 unspecified atom stereocenters. The number of hydrogen-bond acceptors (Lipinski definition) is 6. The molecule has 0 radical (unpaired) electrons. The van der Waals surface area contributed by atoms with Gasteiger partial charge in [-0.05, 0) is 26.8 Å². The number of likely N-dealkylation sites (tertiary alicyclic amines) is 1. The third-order valence-corrected chi connectivity index (χ3v) is 5.96. The van der Waals surface area contributed by atoms with Crippen molar-refractivity contribution in [3.8, 4) is 5.75 Å². The van der Waals surface area contributed by atoms with Crippen LogP contribution >= 0.6 is 23.2 Å². The van der Waals surface area contributed by atoms with E-state index in [1.807, 2.05) is 0 Å². The third-order valence-electron chi connectivity index (χ3n) is 5.33. The highest BCUT2D eigenvalue weighted by molar-refractivity contribution is 6.32. The summed E-state index contributed by atoms with van der Waals surface area (Å²) < 4.78 is 98.9. The van der Waals surface area contributed by atoms with Crippen LogP contribution < -0.4 is 10.5 Å². The first-order valence-corrected chi connectivity index (χ1v) is 12.4. The summed E-state index contributed by atoms with van der Waals surface area (Å²) >= 11 is 10.8. The molecule has 1 amide bonds. The topological polar surface area (TPSA) is 108 Å². The summed E-state index contributed by atoms with van der Waals surface area (Å²) in [5.74, 6) is -1.29. The standard InChI is InChI=1S/C17H22ClF3N2O3.C7H2ClF4NO2/c1-16(2,3)26-15(24)23-6-4-10(5-7-23)25-14-9-12(18)11(8-13(14)22)17(19,20)21;8-4-2-5(9)6(13(14)15)1-3(4)7(10,11)12/h8-10H,4-7,22H2,1-3H3;1-2H. The number of nitro benzene ring substituents is 1. The number of nitrogens with two attached hydrogens (primary N) is 1. The number of carbonyl (C=O) groups is 1. The Balaban J connectivity index is 0.000000333. The predicted octanol–water partition coefficient (Wildman–Crippen LogP) is 8.13. The Kier molecular flexibility index (Phi) is 10.6. The number of piperidine rings is 1. The molecule has 41 heavy (non-hydrogen) atoms. The van der Waals surface area contributed by atoms with Gasteiger partial charge in [0.05, 0.1) is 31.8 Å². The van der Waals surface area contributed by atoms with Crippen LogP contribution in [0.3, 0.4) is 0 Å². The number of anilines is 1. The van der Waals surface area contributed by atoms with Gasteiger partial charge in [-0.3, -0.25) is 10.1 Å². The first kappa shape index (κ1) is 34.0. The fraction of sp³-hybridized carbons (Fsp3) is 0.458. The summed E-state index contributed by atoms with van der Waals surface area (Å²) in [4.78, 5) is 22.5. The average Bonchev–Trinajstić information content (AvgIpc) is 2.79. The number of benzene rings is 2. The van der Waals surface area contributed by atoms with Crippen LogP contribution in [-0.4, -0.2) is 40.7 Å². The van der Waals surface area contributed by atoms with Gasteiger partial charge in [0, 0.05) is 44.1 Å². The van der Waals surface area contributed by atoms with Crippen LogP contribution in [0.1, 0.15) is 44.7 Å². The second-order valence-electron chi connectivity index (χ2n) is 9.69. The van der Waals surface area contributed by atoms with Crippen molar-refractivity contribution in [1.82, 2.24) is 4.90 Å². The predicted molar refractivity (Wildman–Crippen MR) is 135 cm³/mol. The van der Waals surface area contributed by atoms with E-state index >= 15 is 0 Å². The number of ether oxygens (including phenoxy) is 2. The Bertz CT molecular complexity index is 1280. The smallest absolute Gasteiger partial charge is 0.418 e. The maximum atomic E-state index is 12.8. The van der Waals surface area contributed by atoms with Gasteiger partial charge in [-0.15, -0.1) is 0 Å². The molecule has 17 heteroatoms. The van der Waals surface area contributed by atoms with Crippen LogP contribution in [0.5, 0.6) is 5.75 Å². The first-order valence-electron chi connectivity index (χ1n) is 11.6. The van der Waals surface area contributed by atoms with Gasteiger partial charge in [-0.1, -0.05) is 23.2 Å². The van der Waals surface area contributed by atoms with Crippen LogP contribution in [0.15, 0.2) is 24.3 Å². The first-order chi connectivity index (χ1) is 18.6. The molecule has 2 aromatic carbocycles. The number of carbonyl (C=O) groups excluding carboxylic acids is 1. The SMILES string of the molecule is CC(C)(C)OC(=O)N1CCC(Oc2cc(Cl)c(C(F)(F)F)cc2N)CC1.O=[N+]([O-])c1cc(C(F)(F)F)c(Cl)cc1F. The van der Waals surface area contributed by atoms with E-state index < -0.39 is 61.6 Å². The fourth-order valence-corrected chi connectivity index (χ4v) is 3.97. The van der Waals surface area contributed by atoms with Gasteiger partial charge in [0.15, 0.2) is 0 Å². The second kappa shape index (κ2) is 12.8. The molecule has 1 heterocycles. The summed E-state index contributed by atoms with van der Waals surface area (Å²) in [5.41, 5.74) is 1.29. The zero-order chi connectivity index (χ0) is 31.5. The van der Waals surface area contributed by atoms with E-state index in [9.17, 15) is 45.6 Å². The minimum Gasteiger partial charge on any atom is -0.488 e. The molecule has 1 fully saturated rings. The minimum absolute atomic E-state index is 0.0671. The Morgan fingerprint density at radius 1 is 0.976 bits per heavy atom. The molecule has 0 aliphatic carbocycles. The number of amides is 1. The van der Waals surface area contributed by atoms with Crippen LogP contribution in [0.25, 0.3) is 0 Å². The van der Waals surface area contributed by atoms with E-state index in [1.54, 1.807) is 25.7 Å². The summed E-state index contributed by atoms with van der Waals surface area (Å²) in [6.45, 7) is 6.22. The van der Waals surface area contributed by atoms with E-state index in [4.69, 9.17) is 38.4 Å². The number of nitrogen functional groups attached to an aromatic ring is 1. The molecule has 8 nitrogen and oxygen atoms in total. The lowest BCUT2D eigenvalue weighted by atomic mass is 10.1. The minimum atomic E-state index is -4.85. The molecule has 0 bridgehead atoms. The third kappa shape index (κ3) is 9.69. The van der Waals surface area contributed by atoms with Crippen LogP contribution in [0.2, 0.25) is 10.0 Å². The Labute approximate surface area is 239 Å². The van der Waals surface area contributed by atoms with Gasteiger partial charge in [0.2, 0.25) is 5.82 Å². The molecule has 1 aliphatic rings. The van der Waals surface area contributed by atoms with E-state index in [-0.39, 0.29) is 29.7 Å². The highest BCUT2D eigenvalue weighted by atomic mass is 35.5. The van der Waals surface area contributed by atoms with Crippen LogP contribution in [-0.2, 0) is 17.1 Å². The van der Waals surface area contributed by atoms with E-state index in [0.717, 1.165) is 12.1 Å². The molecule has 0 atom stereocenters. The maximum absolute atomic E-state index is 12.8. The highest BCUT2D eigenvalue weighted by Crippen LogP contribution is 2.40. The maximum Gasteiger partial charge on any atom is 0.418 e. The van der Waals surface area contributed by atoms with Crippen molar-refractivity contribution in [3.63, 3.8) is 0 Å². The molecule has 228 valence electrons. The van der Waals surface area contributed by atoms with E-state index in [2.05, 4.69) is 0 Å². The van der Waals surface area contributed by atoms with Gasteiger partial charge < -0.3 is 20.1 Å². The van der Waals surface area contributed by atoms with Gasteiger partial charge in [-0.25, -0.2) is 4.79 Å². The molecule has 1 saturated heterocycles. The summed E-state index contributed by atoms with van der Waals surface area (Å²) in [6, 6.07) is 2.19. The normalized spacial score (nSPS) is 14.7. The molecular weight excluding hydrogens is 614 g/mol. The molecule has 0 aromatic heterocycles. The second-order valence-corrected chi connectivity index (χ2v) is 10.5. The van der Waals surface area contributed by atoms with Crippen molar-refractivity contribution < 1.29 is 49.9 Å². The van der Waals surface area contributed by atoms with Crippen LogP contribution in [0.4, 0.5) is 46.9 Å². The summed E-state index contributed by atoms with van der Waals surface area (Å²) in [7, 11) is 0. The monoisotopic (exact) mass is 637 g/mol. The number of alkyl halides is 6. The number of halogens is 9. The van der Waals surface area contributed by atoms with E-state index in [1.165, 1.54) is 0 Å². The quantitative estimate of drug-likeness (QED) is 0.158. The van der Waals surface area contributed by atoms with Crippen molar-refractivity contribution >= 4 is 40.7 Å². The summed E-state index contributed by atoms with van der Waals surface area (Å²) in [6.07, 6.45) is -9.08. The lowest BCUT2D eigenvalue weighted by Crippen LogP contribution is -2.44. The molecule has 2 N–H and O–H groups in total. The summed E-state index contributed by atoms with van der Waals surface area (Å²) in [5, 5.41) is 8.79. The van der Waals surface area contributed by atoms with Crippen molar-refractivity contribution in [1.29, 1.82) is 0 Å². The van der Waals surface area contributed by atoms with Gasteiger partial charge >= 0.3 is 24.1 Å². The number of rotatable bonds is 3. The number of hydrogen-bond donors (Lipinski definition) is 1. The number of nitrogens with zero attached hydrogens (tertiary/aromatic N) is 2. The Hall–Kier alpha value is -3.20. The van der Waals surface area contributed by atoms with Gasteiger partial charge in [0.1, 0.15) is 17.5 Å². The highest BCUT2D eigenvalue weighted by Gasteiger charge is 2.37. The van der Waals surface area contributed by atoms with Crippen molar-refractivity contribution in [2.75, 3.05) is 18.8 Å². The molecular formula is C24H24Cl2F7N3O5. The molecule has 3 rings (SSSR count). The molecule has 1 aliphatic heterocycles. The lowest BCUT2D eigenvalue weighted by Gasteiger charge is -2.33. The van der Waals surface area contributed by atoms with Gasteiger partial charge in [0.25, 0.3) is 0 Å².